The minimum absolute atomic E-state index is 0.0117. The monoisotopic (exact) mass is 519 g/mol. The van der Waals surface area contributed by atoms with E-state index in [9.17, 15) is 0 Å². The molecular formula is C20H23Br2N7. The molecule has 0 fully saturated rings. The molecule has 0 amide bonds. The highest BCUT2D eigenvalue weighted by Gasteiger charge is 2.45. The van der Waals surface area contributed by atoms with Gasteiger partial charge in [0.1, 0.15) is 18.2 Å². The van der Waals surface area contributed by atoms with Crippen molar-refractivity contribution in [2.45, 2.75) is 32.1 Å². The molecule has 0 spiro atoms. The van der Waals surface area contributed by atoms with Crippen molar-refractivity contribution in [3.8, 4) is 0 Å². The Morgan fingerprint density at radius 3 is 1.97 bits per heavy atom. The van der Waals surface area contributed by atoms with Crippen LogP contribution < -0.4 is 10.0 Å². The van der Waals surface area contributed by atoms with Crippen LogP contribution in [0, 0.1) is 0 Å². The zero-order chi connectivity index (χ0) is 20.4. The fraction of sp³-hybridized carbons (Fsp3) is 0.400. The van der Waals surface area contributed by atoms with Gasteiger partial charge in [-0.05, 0) is 61.6 Å². The van der Waals surface area contributed by atoms with Gasteiger partial charge in [0.15, 0.2) is 0 Å². The highest BCUT2D eigenvalue weighted by atomic mass is 79.9. The van der Waals surface area contributed by atoms with Crippen LogP contribution in [0.1, 0.15) is 13.8 Å². The van der Waals surface area contributed by atoms with Gasteiger partial charge in [-0.15, -0.1) is 0 Å². The van der Waals surface area contributed by atoms with E-state index in [2.05, 4.69) is 78.3 Å². The van der Waals surface area contributed by atoms with Crippen LogP contribution >= 0.6 is 31.9 Å². The Balaban J connectivity index is 1.65. The number of hydrogen-bond donors (Lipinski definition) is 0. The molecule has 4 rings (SSSR count). The number of rotatable bonds is 6. The van der Waals surface area contributed by atoms with Gasteiger partial charge >= 0.3 is 0 Å². The van der Waals surface area contributed by atoms with E-state index < -0.39 is 0 Å². The van der Waals surface area contributed by atoms with E-state index in [4.69, 9.17) is 5.11 Å². The first-order chi connectivity index (χ1) is 14.1. The first-order valence-corrected chi connectivity index (χ1v) is 11.3. The minimum Gasteiger partial charge on any atom is -0.280 e. The second kappa shape index (κ2) is 8.89. The molecule has 2 aliphatic rings. The molecule has 0 saturated heterocycles. The van der Waals surface area contributed by atoms with E-state index in [1.54, 1.807) is 0 Å². The first kappa shape index (κ1) is 20.4. The lowest BCUT2D eigenvalue weighted by atomic mass is 10.0. The van der Waals surface area contributed by atoms with Gasteiger partial charge in [0.2, 0.25) is 0 Å². The summed E-state index contributed by atoms with van der Waals surface area (Å²) in [6, 6.07) is 16.3. The fourth-order valence-corrected chi connectivity index (χ4v) is 4.36. The topological polar surface area (TPSA) is 59.2 Å². The van der Waals surface area contributed by atoms with Gasteiger partial charge in [0.25, 0.3) is 0 Å². The summed E-state index contributed by atoms with van der Waals surface area (Å²) in [6.45, 7) is 6.78. The van der Waals surface area contributed by atoms with Crippen LogP contribution in [-0.2, 0) is 0 Å². The molecule has 0 aromatic heterocycles. The van der Waals surface area contributed by atoms with Crippen LogP contribution in [0.25, 0.3) is 0 Å². The number of likely N-dealkylation sites (N-methyl/N-ethyl adjacent to an activating group) is 1. The van der Waals surface area contributed by atoms with Crippen LogP contribution in [-0.4, -0.2) is 42.8 Å². The van der Waals surface area contributed by atoms with Crippen molar-refractivity contribution >= 4 is 43.2 Å². The smallest absolute Gasteiger partial charge is 0.133 e. The zero-order valence-corrected chi connectivity index (χ0v) is 19.5. The lowest BCUT2D eigenvalue weighted by Crippen LogP contribution is -2.56. The molecule has 7 nitrogen and oxygen atoms in total. The summed E-state index contributed by atoms with van der Waals surface area (Å²) in [4.78, 5) is 2.39. The molecule has 3 atom stereocenters. The average Bonchev–Trinajstić information content (AvgIpc) is 3.38. The summed E-state index contributed by atoms with van der Waals surface area (Å²) < 4.78 is 2.08. The first-order valence-electron chi connectivity index (χ1n) is 9.74. The SMILES string of the molecule is CCN(CC)[C@H]1C(C2CN=NN2c2ccc(Br)cc2)N=NN1c1ccc(Br)cc1. The van der Waals surface area contributed by atoms with Crippen LogP contribution in [0.2, 0.25) is 0 Å². The Kier molecular flexibility index (Phi) is 6.26. The van der Waals surface area contributed by atoms with E-state index in [1.807, 2.05) is 46.4 Å². The van der Waals surface area contributed by atoms with E-state index in [1.165, 1.54) is 0 Å². The maximum absolute atomic E-state index is 4.72. The maximum atomic E-state index is 4.72. The van der Waals surface area contributed by atoms with Crippen LogP contribution in [0.5, 0.6) is 0 Å². The number of halogens is 2. The van der Waals surface area contributed by atoms with Gasteiger partial charge < -0.3 is 0 Å². The van der Waals surface area contributed by atoms with E-state index >= 15 is 0 Å². The van der Waals surface area contributed by atoms with Crippen molar-refractivity contribution in [1.29, 1.82) is 0 Å². The predicted octanol–water partition coefficient (Wildman–Crippen LogP) is 5.69. The standard InChI is InChI=1S/C20H23Br2N7/c1-3-27(4-2)20-19(24-26-29(20)17-11-7-15(22)8-12-17)18-13-23-25-28(18)16-9-5-14(21)6-10-16/h5-12,18-20H,3-4,13H2,1-2H3/t18?,19?,20-/m1/s1. The molecule has 2 aromatic rings. The summed E-state index contributed by atoms with van der Waals surface area (Å²) in [5.41, 5.74) is 2.04. The third kappa shape index (κ3) is 4.08. The summed E-state index contributed by atoms with van der Waals surface area (Å²) in [6.07, 6.45) is 0.0117. The molecule has 29 heavy (non-hydrogen) atoms. The highest BCUT2D eigenvalue weighted by molar-refractivity contribution is 9.10. The largest absolute Gasteiger partial charge is 0.280 e. The molecule has 2 heterocycles. The third-order valence-corrected chi connectivity index (χ3v) is 6.40. The summed E-state index contributed by atoms with van der Waals surface area (Å²) >= 11 is 7.01. The number of anilines is 2. The van der Waals surface area contributed by atoms with Gasteiger partial charge in [0.05, 0.1) is 17.9 Å². The average molecular weight is 521 g/mol. The van der Waals surface area contributed by atoms with Crippen molar-refractivity contribution < 1.29 is 0 Å². The third-order valence-electron chi connectivity index (χ3n) is 5.34. The molecule has 0 saturated carbocycles. The molecule has 2 unspecified atom stereocenters. The van der Waals surface area contributed by atoms with E-state index in [-0.39, 0.29) is 18.2 Å². The second-order valence-corrected chi connectivity index (χ2v) is 8.78. The van der Waals surface area contributed by atoms with Crippen LogP contribution in [0.3, 0.4) is 0 Å². The zero-order valence-electron chi connectivity index (χ0n) is 16.4. The second-order valence-electron chi connectivity index (χ2n) is 6.95. The fourth-order valence-electron chi connectivity index (χ4n) is 3.84. The Morgan fingerprint density at radius 2 is 1.41 bits per heavy atom. The van der Waals surface area contributed by atoms with Crippen LogP contribution in [0.4, 0.5) is 11.4 Å². The summed E-state index contributed by atoms with van der Waals surface area (Å²) in [7, 11) is 0. The molecule has 0 N–H and O–H groups in total. The predicted molar refractivity (Wildman–Crippen MR) is 122 cm³/mol. The Morgan fingerprint density at radius 1 is 0.862 bits per heavy atom. The quantitative estimate of drug-likeness (QED) is 0.491. The maximum Gasteiger partial charge on any atom is 0.133 e. The van der Waals surface area contributed by atoms with Crippen molar-refractivity contribution in [2.24, 2.45) is 20.7 Å². The molecule has 0 radical (unpaired) electrons. The van der Waals surface area contributed by atoms with Gasteiger partial charge in [-0.3, -0.25) is 4.90 Å². The minimum atomic E-state index is -0.0720. The number of nitrogens with zero attached hydrogens (tertiary/aromatic N) is 7. The normalized spacial score (nSPS) is 23.6. The van der Waals surface area contributed by atoms with Crippen molar-refractivity contribution in [3.63, 3.8) is 0 Å². The van der Waals surface area contributed by atoms with Gasteiger partial charge in [-0.2, -0.15) is 10.2 Å². The Hall–Kier alpha value is -1.84. The van der Waals surface area contributed by atoms with Gasteiger partial charge in [-0.1, -0.05) is 56.2 Å². The molecule has 0 aliphatic carbocycles. The van der Waals surface area contributed by atoms with Crippen molar-refractivity contribution in [1.82, 2.24) is 4.90 Å². The van der Waals surface area contributed by atoms with Crippen molar-refractivity contribution in [3.05, 3.63) is 57.5 Å². The van der Waals surface area contributed by atoms with Gasteiger partial charge in [-0.25, -0.2) is 10.0 Å². The lowest BCUT2D eigenvalue weighted by molar-refractivity contribution is 0.190. The molecule has 152 valence electrons. The summed E-state index contributed by atoms with van der Waals surface area (Å²) in [5.74, 6) is 0. The number of benzene rings is 2. The number of hydrogen-bond acceptors (Lipinski definition) is 7. The van der Waals surface area contributed by atoms with Crippen LogP contribution in [0.15, 0.2) is 78.2 Å². The lowest BCUT2D eigenvalue weighted by Gasteiger charge is -2.37. The van der Waals surface area contributed by atoms with Gasteiger partial charge in [0, 0.05) is 8.95 Å². The summed E-state index contributed by atoms with van der Waals surface area (Å²) in [5, 5.41) is 22.1. The van der Waals surface area contributed by atoms with E-state index in [0.29, 0.717) is 6.54 Å². The van der Waals surface area contributed by atoms with Crippen molar-refractivity contribution in [2.75, 3.05) is 29.7 Å². The molecule has 9 heteroatoms. The highest BCUT2D eigenvalue weighted by Crippen LogP contribution is 2.35. The molecule has 2 aromatic carbocycles. The molecular weight excluding hydrogens is 498 g/mol. The van der Waals surface area contributed by atoms with E-state index in [0.717, 1.165) is 33.4 Å². The molecule has 0 bridgehead atoms. The Bertz CT molecular complexity index is 881. The Labute approximate surface area is 187 Å². The molecule has 2 aliphatic heterocycles.